The molecule has 10 heteroatoms. The van der Waals surface area contributed by atoms with Gasteiger partial charge in [-0.05, 0) is 68.7 Å². The molecule has 0 saturated heterocycles. The molecule has 0 N–H and O–H groups in total. The lowest BCUT2D eigenvalue weighted by Crippen LogP contribution is -2.42. The van der Waals surface area contributed by atoms with Gasteiger partial charge in [-0.1, -0.05) is 64.1 Å². The summed E-state index contributed by atoms with van der Waals surface area (Å²) in [5.41, 5.74) is -1.22. The van der Waals surface area contributed by atoms with Gasteiger partial charge in [0.2, 0.25) is 0 Å². The maximum atomic E-state index is 12.2. The van der Waals surface area contributed by atoms with Crippen molar-refractivity contribution in [3.8, 4) is 0 Å². The van der Waals surface area contributed by atoms with Gasteiger partial charge in [-0.15, -0.1) is 6.58 Å². The topological polar surface area (TPSA) is 105 Å². The number of halogens is 2. The van der Waals surface area contributed by atoms with Gasteiger partial charge in [0.25, 0.3) is 0 Å². The van der Waals surface area contributed by atoms with Crippen molar-refractivity contribution in [3.05, 3.63) is 12.7 Å². The number of unbranched alkanes of at least 4 members (excludes halogenated alkanes) is 2. The number of hydrogen-bond donors (Lipinski definition) is 0. The molecule has 0 unspecified atom stereocenters. The zero-order valence-corrected chi connectivity index (χ0v) is 25.9. The van der Waals surface area contributed by atoms with E-state index in [2.05, 4.69) is 51.8 Å². The zero-order valence-electron chi connectivity index (χ0n) is 21.6. The number of carbonyl (C=O) groups is 4. The Morgan fingerprint density at radius 2 is 1.17 bits per heavy atom. The number of ether oxygens (including phenoxy) is 4. The van der Waals surface area contributed by atoms with Crippen LogP contribution in [0.4, 0.5) is 0 Å². The van der Waals surface area contributed by atoms with Crippen LogP contribution in [-0.2, 0) is 38.1 Å². The van der Waals surface area contributed by atoms with Crippen LogP contribution < -0.4 is 0 Å². The van der Waals surface area contributed by atoms with Crippen molar-refractivity contribution in [1.29, 1.82) is 0 Å². The summed E-state index contributed by atoms with van der Waals surface area (Å²) >= 11 is 4.55. The zero-order chi connectivity index (χ0) is 27.1. The molecule has 0 fully saturated rings. The van der Waals surface area contributed by atoms with Gasteiger partial charge in [0.05, 0.1) is 26.4 Å². The van der Waals surface area contributed by atoms with E-state index in [1.165, 1.54) is 0 Å². The van der Waals surface area contributed by atoms with Gasteiger partial charge in [-0.2, -0.15) is 0 Å². The Bertz CT molecular complexity index is 589. The highest BCUT2D eigenvalue weighted by Crippen LogP contribution is 2.33. The lowest BCUT2D eigenvalue weighted by Gasteiger charge is -2.28. The molecule has 0 atom stereocenters. The largest absolute Gasteiger partial charge is 0.465 e. The predicted octanol–water partition coefficient (Wildman–Crippen LogP) is 5.61. The molecule has 0 saturated carbocycles. The summed E-state index contributed by atoms with van der Waals surface area (Å²) in [6.45, 7) is 11.6. The van der Waals surface area contributed by atoms with Crippen molar-refractivity contribution in [2.45, 2.75) is 72.6 Å². The van der Waals surface area contributed by atoms with Crippen LogP contribution in [0.5, 0.6) is 0 Å². The highest BCUT2D eigenvalue weighted by atomic mass is 127. The molecule has 0 aromatic carbocycles. The maximum absolute atomic E-state index is 12.2. The van der Waals surface area contributed by atoms with Crippen LogP contribution in [0.3, 0.4) is 0 Å². The van der Waals surface area contributed by atoms with E-state index in [0.717, 1.165) is 34.5 Å². The Hall–Kier alpha value is -0.920. The molecular weight excluding hydrogens is 682 g/mol. The summed E-state index contributed by atoms with van der Waals surface area (Å²) in [5, 5.41) is 0. The van der Waals surface area contributed by atoms with Gasteiger partial charge in [0.15, 0.2) is 11.3 Å². The molecule has 0 bridgehead atoms. The number of allylic oxidation sites excluding steroid dienone is 1. The standard InChI is InChI=1S/C14H23IO4.C11H19IO4/c1-4-9-14(10-7-8-11-15,12(16)18-5-2)13(17)19-6-3;1-3-15-10(13)9(7-5-6-8-12)11(14)16-4-2/h4H,1,5-11H2,2-3H3;9H,3-8H2,1-2H3. The highest BCUT2D eigenvalue weighted by molar-refractivity contribution is 14.1. The Morgan fingerprint density at radius 3 is 1.54 bits per heavy atom. The lowest BCUT2D eigenvalue weighted by atomic mass is 9.79. The monoisotopic (exact) mass is 724 g/mol. The first-order chi connectivity index (χ1) is 16.8. The summed E-state index contributed by atoms with van der Waals surface area (Å²) in [7, 11) is 0. The van der Waals surface area contributed by atoms with Gasteiger partial charge in [-0.3, -0.25) is 19.2 Å². The van der Waals surface area contributed by atoms with Gasteiger partial charge < -0.3 is 18.9 Å². The molecule has 0 rings (SSSR count). The fourth-order valence-corrected chi connectivity index (χ4v) is 4.20. The molecule has 0 aliphatic carbocycles. The number of rotatable bonds is 18. The number of esters is 4. The minimum Gasteiger partial charge on any atom is -0.465 e. The molecular formula is C25H42I2O8. The van der Waals surface area contributed by atoms with E-state index in [0.29, 0.717) is 26.1 Å². The Kier molecular flexibility index (Phi) is 24.3. The summed E-state index contributed by atoms with van der Waals surface area (Å²) in [5.74, 6) is -2.67. The Morgan fingerprint density at radius 1 is 0.743 bits per heavy atom. The van der Waals surface area contributed by atoms with E-state index in [4.69, 9.17) is 18.9 Å². The molecule has 0 aromatic rings. The van der Waals surface area contributed by atoms with Crippen molar-refractivity contribution < 1.29 is 38.1 Å². The molecule has 0 aliphatic heterocycles. The molecule has 0 heterocycles. The highest BCUT2D eigenvalue weighted by Gasteiger charge is 2.47. The minimum absolute atomic E-state index is 0.253. The van der Waals surface area contributed by atoms with Gasteiger partial charge in [-0.25, -0.2) is 0 Å². The molecule has 204 valence electrons. The summed E-state index contributed by atoms with van der Waals surface area (Å²) in [4.78, 5) is 47.4. The Labute approximate surface area is 237 Å². The summed E-state index contributed by atoms with van der Waals surface area (Å²) in [6.07, 6.45) is 6.37. The molecule has 0 aromatic heterocycles. The van der Waals surface area contributed by atoms with Crippen molar-refractivity contribution >= 4 is 69.1 Å². The predicted molar refractivity (Wildman–Crippen MR) is 153 cm³/mol. The third kappa shape index (κ3) is 15.0. The first-order valence-electron chi connectivity index (χ1n) is 12.2. The van der Waals surface area contributed by atoms with E-state index in [-0.39, 0.29) is 19.6 Å². The molecule has 0 amide bonds. The molecule has 0 radical (unpaired) electrons. The van der Waals surface area contributed by atoms with E-state index in [9.17, 15) is 19.2 Å². The second-order valence-corrected chi connectivity index (χ2v) is 9.56. The minimum atomic E-state index is -1.22. The van der Waals surface area contributed by atoms with Crippen molar-refractivity contribution in [1.82, 2.24) is 0 Å². The molecule has 0 aliphatic rings. The third-order valence-corrected chi connectivity index (χ3v) is 6.36. The summed E-state index contributed by atoms with van der Waals surface area (Å²) in [6, 6.07) is 0. The average Bonchev–Trinajstić information content (AvgIpc) is 2.82. The number of alkyl halides is 2. The quantitative estimate of drug-likeness (QED) is 0.0342. The summed E-state index contributed by atoms with van der Waals surface area (Å²) < 4.78 is 21.9. The second-order valence-electron chi connectivity index (χ2n) is 7.40. The van der Waals surface area contributed by atoms with Gasteiger partial charge in [0, 0.05) is 0 Å². The van der Waals surface area contributed by atoms with Crippen molar-refractivity contribution in [3.63, 3.8) is 0 Å². The first-order valence-corrected chi connectivity index (χ1v) is 15.2. The fraction of sp³-hybridized carbons (Fsp3) is 0.760. The van der Waals surface area contributed by atoms with Crippen LogP contribution in [0.15, 0.2) is 12.7 Å². The van der Waals surface area contributed by atoms with Gasteiger partial charge in [0.1, 0.15) is 0 Å². The Balaban J connectivity index is 0. The normalized spacial score (nSPS) is 10.6. The van der Waals surface area contributed by atoms with E-state index in [1.54, 1.807) is 33.8 Å². The van der Waals surface area contributed by atoms with Crippen LogP contribution in [-0.4, -0.2) is 59.2 Å². The van der Waals surface area contributed by atoms with E-state index < -0.39 is 35.2 Å². The van der Waals surface area contributed by atoms with Crippen LogP contribution in [0.1, 0.15) is 72.6 Å². The van der Waals surface area contributed by atoms with Crippen LogP contribution in [0.25, 0.3) is 0 Å². The van der Waals surface area contributed by atoms with E-state index >= 15 is 0 Å². The van der Waals surface area contributed by atoms with Crippen LogP contribution >= 0.6 is 45.2 Å². The SMILES string of the molecule is C=CCC(CCCCI)(C(=O)OCC)C(=O)OCC.CCOC(=O)C(CCCCI)C(=O)OCC. The first kappa shape index (κ1) is 36.2. The lowest BCUT2D eigenvalue weighted by molar-refractivity contribution is -0.173. The number of hydrogen-bond acceptors (Lipinski definition) is 8. The molecule has 0 spiro atoms. The second kappa shape index (κ2) is 23.5. The average molecular weight is 724 g/mol. The smallest absolute Gasteiger partial charge is 0.323 e. The van der Waals surface area contributed by atoms with Crippen LogP contribution in [0, 0.1) is 11.3 Å². The fourth-order valence-electron chi connectivity index (χ4n) is 3.12. The van der Waals surface area contributed by atoms with Crippen molar-refractivity contribution in [2.24, 2.45) is 11.3 Å². The molecule has 35 heavy (non-hydrogen) atoms. The third-order valence-electron chi connectivity index (χ3n) is 4.83. The van der Waals surface area contributed by atoms with Crippen LogP contribution in [0.2, 0.25) is 0 Å². The maximum Gasteiger partial charge on any atom is 0.323 e. The van der Waals surface area contributed by atoms with Gasteiger partial charge >= 0.3 is 23.9 Å². The van der Waals surface area contributed by atoms with Crippen molar-refractivity contribution in [2.75, 3.05) is 35.3 Å². The van der Waals surface area contributed by atoms with E-state index in [1.807, 2.05) is 0 Å². The number of carbonyl (C=O) groups excluding carboxylic acids is 4. The molecule has 8 nitrogen and oxygen atoms in total.